The molecule has 0 aromatic heterocycles. The molecule has 3 saturated carbocycles. The summed E-state index contributed by atoms with van der Waals surface area (Å²) in [5, 5.41) is 31.3. The maximum atomic E-state index is 13.9. The van der Waals surface area contributed by atoms with Crippen LogP contribution in [0, 0.1) is 22.7 Å². The minimum Gasteiger partial charge on any atom is -0.396 e. The fourth-order valence-electron chi connectivity index (χ4n) is 7.74. The SMILES string of the molecule is C=C1[C@H]2[C@@H](CO)C[C@@](C(=O)CCc3cccc(C4(CCO)CCCC4)c3)(C1(C)C)[C@]2(O)OC. The van der Waals surface area contributed by atoms with Crippen LogP contribution < -0.4 is 0 Å². The lowest BCUT2D eigenvalue weighted by Gasteiger charge is -2.46. The van der Waals surface area contributed by atoms with Gasteiger partial charge in [0.1, 0.15) is 5.78 Å². The summed E-state index contributed by atoms with van der Waals surface area (Å²) in [6.07, 6.45) is 6.63. The molecule has 0 spiro atoms. The van der Waals surface area contributed by atoms with Crippen molar-refractivity contribution >= 4 is 5.78 Å². The van der Waals surface area contributed by atoms with Gasteiger partial charge in [0.05, 0.1) is 5.41 Å². The number of methoxy groups -OCH3 is 1. The van der Waals surface area contributed by atoms with Crippen molar-refractivity contribution in [3.05, 3.63) is 47.5 Å². The summed E-state index contributed by atoms with van der Waals surface area (Å²) in [4.78, 5) is 13.9. The van der Waals surface area contributed by atoms with Gasteiger partial charge in [-0.05, 0) is 54.6 Å². The molecule has 4 rings (SSSR count). The number of carbonyl (C=O) groups excluding carboxylic acids is 1. The minimum atomic E-state index is -1.64. The van der Waals surface area contributed by atoms with E-state index in [1.807, 2.05) is 13.8 Å². The van der Waals surface area contributed by atoms with E-state index in [2.05, 4.69) is 30.8 Å². The molecule has 1 aromatic carbocycles. The van der Waals surface area contributed by atoms with Gasteiger partial charge < -0.3 is 20.1 Å². The molecular weight excluding hydrogens is 416 g/mol. The van der Waals surface area contributed by atoms with Gasteiger partial charge >= 0.3 is 0 Å². The Labute approximate surface area is 197 Å². The summed E-state index contributed by atoms with van der Waals surface area (Å²) >= 11 is 0. The van der Waals surface area contributed by atoms with Gasteiger partial charge in [-0.15, -0.1) is 0 Å². The van der Waals surface area contributed by atoms with Gasteiger partial charge in [-0.3, -0.25) is 4.79 Å². The second kappa shape index (κ2) is 8.60. The summed E-state index contributed by atoms with van der Waals surface area (Å²) in [6.45, 7) is 8.27. The number of hydrogen-bond donors (Lipinski definition) is 3. The summed E-state index contributed by atoms with van der Waals surface area (Å²) in [5.41, 5.74) is 1.46. The minimum absolute atomic E-state index is 0.0206. The number of fused-ring (bicyclic) bond motifs is 2. The van der Waals surface area contributed by atoms with Gasteiger partial charge in [0.25, 0.3) is 0 Å². The first kappa shape index (κ1) is 24.6. The molecule has 2 bridgehead atoms. The first-order valence-corrected chi connectivity index (χ1v) is 12.4. The first-order valence-electron chi connectivity index (χ1n) is 12.4. The Morgan fingerprint density at radius 2 is 1.91 bits per heavy atom. The number of rotatable bonds is 9. The topological polar surface area (TPSA) is 87.0 Å². The average molecular weight is 457 g/mol. The third kappa shape index (κ3) is 3.30. The number of aryl methyl sites for hydroxylation is 1. The summed E-state index contributed by atoms with van der Waals surface area (Å²) < 4.78 is 5.67. The standard InChI is InChI=1S/C28H40O5/c1-19-24-21(18-30)17-27(25(19,2)3,28(24,32)33-4)23(31)11-10-20-8-7-9-22(16-20)26(14-15-29)12-5-6-13-26/h7-9,16,21,24,29-30,32H,1,5-6,10-15,17-18H2,2-4H3/t21-,24+,27-,28-/m1/s1. The Hall–Kier alpha value is -1.53. The molecule has 3 aliphatic rings. The van der Waals surface area contributed by atoms with Crippen LogP contribution in [-0.2, 0) is 21.4 Å². The number of carbonyl (C=O) groups is 1. The molecule has 5 nitrogen and oxygen atoms in total. The number of ether oxygens (including phenoxy) is 1. The number of hydrogen-bond acceptors (Lipinski definition) is 5. The van der Waals surface area contributed by atoms with E-state index in [0.717, 1.165) is 30.4 Å². The lowest BCUT2D eigenvalue weighted by atomic mass is 9.58. The van der Waals surface area contributed by atoms with Crippen LogP contribution in [0.25, 0.3) is 0 Å². The van der Waals surface area contributed by atoms with Crippen LogP contribution >= 0.6 is 0 Å². The Bertz CT molecular complexity index is 915. The molecule has 182 valence electrons. The second-order valence-electron chi connectivity index (χ2n) is 11.2. The Balaban J connectivity index is 1.60. The van der Waals surface area contributed by atoms with Crippen molar-refractivity contribution < 1.29 is 24.9 Å². The predicted octanol–water partition coefficient (Wildman–Crippen LogP) is 3.93. The number of benzene rings is 1. The average Bonchev–Trinajstić information content (AvgIpc) is 3.42. The highest BCUT2D eigenvalue weighted by Gasteiger charge is 2.79. The van der Waals surface area contributed by atoms with Crippen LogP contribution in [0.3, 0.4) is 0 Å². The summed E-state index contributed by atoms with van der Waals surface area (Å²) in [5.74, 6) is -2.35. The molecule has 3 aliphatic carbocycles. The van der Waals surface area contributed by atoms with Gasteiger partial charge in [0, 0.05) is 38.1 Å². The lowest BCUT2D eigenvalue weighted by Crippen LogP contribution is -2.55. The van der Waals surface area contributed by atoms with Gasteiger partial charge in [-0.1, -0.05) is 63.1 Å². The molecule has 0 aliphatic heterocycles. The Morgan fingerprint density at radius 1 is 1.21 bits per heavy atom. The fraction of sp³-hybridized carbons (Fsp3) is 0.679. The van der Waals surface area contributed by atoms with E-state index in [4.69, 9.17) is 4.74 Å². The molecule has 4 atom stereocenters. The highest BCUT2D eigenvalue weighted by atomic mass is 16.6. The first-order chi connectivity index (χ1) is 15.6. The third-order valence-corrected chi connectivity index (χ3v) is 9.67. The highest BCUT2D eigenvalue weighted by molar-refractivity contribution is 5.89. The molecular formula is C28H40O5. The van der Waals surface area contributed by atoms with Crippen molar-refractivity contribution in [1.82, 2.24) is 0 Å². The smallest absolute Gasteiger partial charge is 0.185 e. The normalized spacial score (nSPS) is 34.2. The Morgan fingerprint density at radius 3 is 2.52 bits per heavy atom. The zero-order chi connectivity index (χ0) is 24.1. The van der Waals surface area contributed by atoms with Crippen LogP contribution in [0.15, 0.2) is 36.4 Å². The van der Waals surface area contributed by atoms with Crippen molar-refractivity contribution in [3.63, 3.8) is 0 Å². The molecule has 33 heavy (non-hydrogen) atoms. The van der Waals surface area contributed by atoms with Gasteiger partial charge in [-0.25, -0.2) is 0 Å². The lowest BCUT2D eigenvalue weighted by molar-refractivity contribution is -0.253. The number of ketones is 1. The molecule has 0 heterocycles. The van der Waals surface area contributed by atoms with Crippen LogP contribution in [0.2, 0.25) is 0 Å². The van der Waals surface area contributed by atoms with E-state index in [1.54, 1.807) is 0 Å². The van der Waals surface area contributed by atoms with E-state index in [1.165, 1.54) is 25.5 Å². The van der Waals surface area contributed by atoms with Gasteiger partial charge in [0.15, 0.2) is 5.79 Å². The fourth-order valence-corrected chi connectivity index (χ4v) is 7.74. The van der Waals surface area contributed by atoms with E-state index in [9.17, 15) is 20.1 Å². The zero-order valence-electron chi connectivity index (χ0n) is 20.4. The maximum Gasteiger partial charge on any atom is 0.185 e. The van der Waals surface area contributed by atoms with E-state index in [-0.39, 0.29) is 30.3 Å². The van der Waals surface area contributed by atoms with E-state index < -0.39 is 22.5 Å². The highest BCUT2D eigenvalue weighted by Crippen LogP contribution is 2.73. The van der Waals surface area contributed by atoms with E-state index >= 15 is 0 Å². The van der Waals surface area contributed by atoms with Crippen molar-refractivity contribution in [3.8, 4) is 0 Å². The molecule has 0 saturated heterocycles. The largest absolute Gasteiger partial charge is 0.396 e. The van der Waals surface area contributed by atoms with Crippen molar-refractivity contribution in [2.45, 2.75) is 76.4 Å². The van der Waals surface area contributed by atoms with Crippen LogP contribution in [0.5, 0.6) is 0 Å². The number of aliphatic hydroxyl groups is 3. The molecule has 3 N–H and O–H groups in total. The summed E-state index contributed by atoms with van der Waals surface area (Å²) in [6, 6.07) is 8.49. The molecule has 1 aromatic rings. The van der Waals surface area contributed by atoms with Crippen LogP contribution in [-0.4, -0.2) is 47.2 Å². The second-order valence-corrected chi connectivity index (χ2v) is 11.2. The molecule has 5 heteroatoms. The third-order valence-electron chi connectivity index (χ3n) is 9.67. The van der Waals surface area contributed by atoms with E-state index in [0.29, 0.717) is 19.3 Å². The van der Waals surface area contributed by atoms with Gasteiger partial charge in [0.2, 0.25) is 0 Å². The molecule has 3 fully saturated rings. The molecule has 0 radical (unpaired) electrons. The van der Waals surface area contributed by atoms with Gasteiger partial charge in [-0.2, -0.15) is 0 Å². The monoisotopic (exact) mass is 456 g/mol. The van der Waals surface area contributed by atoms with Crippen LogP contribution in [0.4, 0.5) is 0 Å². The molecule has 0 unspecified atom stereocenters. The van der Waals surface area contributed by atoms with Crippen molar-refractivity contribution in [2.75, 3.05) is 20.3 Å². The molecule has 0 amide bonds. The maximum absolute atomic E-state index is 13.9. The van der Waals surface area contributed by atoms with Crippen LogP contribution in [0.1, 0.15) is 69.9 Å². The quantitative estimate of drug-likeness (QED) is 0.387. The van der Waals surface area contributed by atoms with Crippen molar-refractivity contribution in [2.24, 2.45) is 22.7 Å². The predicted molar refractivity (Wildman–Crippen MR) is 128 cm³/mol. The number of Topliss-reactive ketones (excluding diaryl/α,β-unsaturated/α-hetero) is 1. The zero-order valence-corrected chi connectivity index (χ0v) is 20.4. The number of aliphatic hydroxyl groups excluding tert-OH is 2. The Kier molecular flexibility index (Phi) is 6.41. The van der Waals surface area contributed by atoms with Crippen molar-refractivity contribution in [1.29, 1.82) is 0 Å². The summed E-state index contributed by atoms with van der Waals surface area (Å²) in [7, 11) is 1.45.